The van der Waals surface area contributed by atoms with E-state index in [-0.39, 0.29) is 11.3 Å². The van der Waals surface area contributed by atoms with E-state index in [9.17, 15) is 26.3 Å². The van der Waals surface area contributed by atoms with Crippen LogP contribution < -0.4 is 5.73 Å². The zero-order valence-corrected chi connectivity index (χ0v) is 8.65. The summed E-state index contributed by atoms with van der Waals surface area (Å²) < 4.78 is 75.7. The van der Waals surface area contributed by atoms with Gasteiger partial charge in [0.2, 0.25) is 0 Å². The van der Waals surface area contributed by atoms with Crippen LogP contribution in [0.3, 0.4) is 0 Å². The van der Waals surface area contributed by atoms with Crippen molar-refractivity contribution in [3.8, 4) is 0 Å². The van der Waals surface area contributed by atoms with Crippen LogP contribution in [0, 0.1) is 6.92 Å². The van der Waals surface area contributed by atoms with Crippen molar-refractivity contribution in [1.82, 2.24) is 0 Å². The summed E-state index contributed by atoms with van der Waals surface area (Å²) in [6.07, 6.45) is -4.45. The highest BCUT2D eigenvalue weighted by Gasteiger charge is 2.63. The molecule has 0 fully saturated rings. The predicted molar refractivity (Wildman–Crippen MR) is 50.4 cm³/mol. The van der Waals surface area contributed by atoms with Crippen LogP contribution in [0.2, 0.25) is 0 Å². The number of hydrogen-bond donors (Lipinski definition) is 1. The summed E-state index contributed by atoms with van der Waals surface area (Å²) in [5.74, 6) is -10.4. The minimum absolute atomic E-state index is 0.116. The van der Waals surface area contributed by atoms with Crippen LogP contribution in [0.15, 0.2) is 18.2 Å². The molecular weight excluding hydrogens is 248 g/mol. The Balaban J connectivity index is 3.25. The first-order valence-electron chi connectivity index (χ1n) is 4.51. The molecule has 0 spiro atoms. The Labute approximate surface area is 93.2 Å². The van der Waals surface area contributed by atoms with Crippen molar-refractivity contribution in [3.63, 3.8) is 0 Å². The molecule has 0 bridgehead atoms. The second kappa shape index (κ2) is 4.12. The molecule has 0 amide bonds. The first kappa shape index (κ1) is 13.7. The van der Waals surface area contributed by atoms with E-state index in [1.807, 2.05) is 0 Å². The molecule has 1 rings (SSSR count). The predicted octanol–water partition coefficient (Wildman–Crippen LogP) is 3.57. The average Bonchev–Trinajstić information content (AvgIpc) is 2.21. The normalized spacial score (nSPS) is 13.2. The zero-order chi connectivity index (χ0) is 13.4. The highest BCUT2D eigenvalue weighted by atomic mass is 19.3. The molecule has 1 aromatic rings. The first-order chi connectivity index (χ1) is 7.60. The summed E-state index contributed by atoms with van der Waals surface area (Å²) >= 11 is 0. The van der Waals surface area contributed by atoms with E-state index < -0.39 is 23.8 Å². The van der Waals surface area contributed by atoms with Gasteiger partial charge in [-0.2, -0.15) is 17.6 Å². The molecular formula is C10H9F6N. The Morgan fingerprint density at radius 2 is 1.65 bits per heavy atom. The van der Waals surface area contributed by atoms with Crippen molar-refractivity contribution < 1.29 is 26.3 Å². The minimum Gasteiger partial charge on any atom is -0.399 e. The molecule has 1 aromatic carbocycles. The Bertz CT molecular complexity index is 415. The molecule has 0 aliphatic carbocycles. The summed E-state index contributed by atoms with van der Waals surface area (Å²) in [6.45, 7) is 1.31. The maximum Gasteiger partial charge on any atom is 0.373 e. The summed E-state index contributed by atoms with van der Waals surface area (Å²) in [5, 5.41) is 0. The minimum atomic E-state index is -5.42. The lowest BCUT2D eigenvalue weighted by Gasteiger charge is -2.26. The van der Waals surface area contributed by atoms with Crippen molar-refractivity contribution in [3.05, 3.63) is 29.3 Å². The fourth-order valence-electron chi connectivity index (χ4n) is 1.20. The summed E-state index contributed by atoms with van der Waals surface area (Å²) in [6, 6.07) is 2.25. The standard InChI is InChI=1S/C10H9F6N/c1-5-4-6(2-3-7(5)17)9(13,14)10(15,16)8(11)12/h2-4,8H,17H2,1H3. The van der Waals surface area contributed by atoms with Crippen LogP contribution in [0.1, 0.15) is 11.1 Å². The van der Waals surface area contributed by atoms with E-state index in [4.69, 9.17) is 5.73 Å². The molecule has 96 valence electrons. The molecule has 0 saturated heterocycles. The topological polar surface area (TPSA) is 26.0 Å². The molecule has 17 heavy (non-hydrogen) atoms. The Kier molecular flexibility index (Phi) is 3.31. The van der Waals surface area contributed by atoms with E-state index in [1.165, 1.54) is 6.92 Å². The van der Waals surface area contributed by atoms with Crippen LogP contribution in [0.5, 0.6) is 0 Å². The average molecular weight is 257 g/mol. The molecule has 0 heterocycles. The van der Waals surface area contributed by atoms with E-state index in [0.29, 0.717) is 12.1 Å². The molecule has 7 heteroatoms. The fourth-order valence-corrected chi connectivity index (χ4v) is 1.20. The highest BCUT2D eigenvalue weighted by Crippen LogP contribution is 2.46. The maximum absolute atomic E-state index is 13.2. The second-order valence-electron chi connectivity index (χ2n) is 3.57. The van der Waals surface area contributed by atoms with Crippen molar-refractivity contribution >= 4 is 5.69 Å². The van der Waals surface area contributed by atoms with Crippen molar-refractivity contribution in [2.24, 2.45) is 0 Å². The van der Waals surface area contributed by atoms with Gasteiger partial charge in [0.15, 0.2) is 0 Å². The van der Waals surface area contributed by atoms with E-state index in [1.54, 1.807) is 0 Å². The Morgan fingerprint density at radius 1 is 1.12 bits per heavy atom. The molecule has 0 saturated carbocycles. The van der Waals surface area contributed by atoms with Crippen LogP contribution in [-0.2, 0) is 5.92 Å². The molecule has 0 unspecified atom stereocenters. The number of nitrogens with two attached hydrogens (primary N) is 1. The number of alkyl halides is 6. The van der Waals surface area contributed by atoms with Gasteiger partial charge in [0, 0.05) is 11.3 Å². The van der Waals surface area contributed by atoms with Gasteiger partial charge in [-0.15, -0.1) is 0 Å². The SMILES string of the molecule is Cc1cc(C(F)(F)C(F)(F)C(F)F)ccc1N. The van der Waals surface area contributed by atoms with Gasteiger partial charge in [0.1, 0.15) is 0 Å². The molecule has 0 aromatic heterocycles. The third-order valence-corrected chi connectivity index (χ3v) is 2.33. The number of halogens is 6. The Hall–Kier alpha value is -1.40. The molecule has 1 nitrogen and oxygen atoms in total. The fraction of sp³-hybridized carbons (Fsp3) is 0.400. The molecule has 0 radical (unpaired) electrons. The molecule has 0 atom stereocenters. The van der Waals surface area contributed by atoms with Crippen LogP contribution in [0.25, 0.3) is 0 Å². The number of aryl methyl sites for hydroxylation is 1. The largest absolute Gasteiger partial charge is 0.399 e. The number of hydrogen-bond acceptors (Lipinski definition) is 1. The van der Waals surface area contributed by atoms with Crippen molar-refractivity contribution in [1.29, 1.82) is 0 Å². The summed E-state index contributed by atoms with van der Waals surface area (Å²) in [5.41, 5.74) is 4.37. The monoisotopic (exact) mass is 257 g/mol. The summed E-state index contributed by atoms with van der Waals surface area (Å²) in [7, 11) is 0. The van der Waals surface area contributed by atoms with Crippen molar-refractivity contribution in [2.45, 2.75) is 25.2 Å². The van der Waals surface area contributed by atoms with Gasteiger partial charge >= 0.3 is 18.3 Å². The van der Waals surface area contributed by atoms with E-state index in [0.717, 1.165) is 6.07 Å². The lowest BCUT2D eigenvalue weighted by Crippen LogP contribution is -2.44. The van der Waals surface area contributed by atoms with Crippen LogP contribution >= 0.6 is 0 Å². The second-order valence-corrected chi connectivity index (χ2v) is 3.57. The third-order valence-electron chi connectivity index (χ3n) is 2.33. The quantitative estimate of drug-likeness (QED) is 0.650. The molecule has 0 aliphatic rings. The van der Waals surface area contributed by atoms with Gasteiger partial charge in [-0.1, -0.05) is 6.07 Å². The number of rotatable bonds is 3. The lowest BCUT2D eigenvalue weighted by atomic mass is 10.00. The summed E-state index contributed by atoms with van der Waals surface area (Å²) in [4.78, 5) is 0. The number of benzene rings is 1. The number of anilines is 1. The van der Waals surface area contributed by atoms with Gasteiger partial charge in [0.05, 0.1) is 0 Å². The Morgan fingerprint density at radius 3 is 2.06 bits per heavy atom. The van der Waals surface area contributed by atoms with Gasteiger partial charge < -0.3 is 5.73 Å². The van der Waals surface area contributed by atoms with E-state index in [2.05, 4.69) is 0 Å². The first-order valence-corrected chi connectivity index (χ1v) is 4.51. The number of nitrogen functional groups attached to an aromatic ring is 1. The van der Waals surface area contributed by atoms with Gasteiger partial charge in [-0.05, 0) is 24.6 Å². The van der Waals surface area contributed by atoms with Gasteiger partial charge in [-0.25, -0.2) is 8.78 Å². The maximum atomic E-state index is 13.2. The smallest absolute Gasteiger partial charge is 0.373 e. The zero-order valence-electron chi connectivity index (χ0n) is 8.65. The highest BCUT2D eigenvalue weighted by molar-refractivity contribution is 5.48. The van der Waals surface area contributed by atoms with E-state index >= 15 is 0 Å². The lowest BCUT2D eigenvalue weighted by molar-refractivity contribution is -0.270. The van der Waals surface area contributed by atoms with Crippen molar-refractivity contribution in [2.75, 3.05) is 5.73 Å². The van der Waals surface area contributed by atoms with Gasteiger partial charge in [0.25, 0.3) is 0 Å². The van der Waals surface area contributed by atoms with Gasteiger partial charge in [-0.3, -0.25) is 0 Å². The third kappa shape index (κ3) is 2.18. The van der Waals surface area contributed by atoms with Crippen LogP contribution in [-0.4, -0.2) is 12.3 Å². The molecule has 2 N–H and O–H groups in total. The molecule has 0 aliphatic heterocycles. The van der Waals surface area contributed by atoms with Crippen LogP contribution in [0.4, 0.5) is 32.0 Å².